The first-order valence-corrected chi connectivity index (χ1v) is 7.65. The minimum absolute atomic E-state index is 0.0600. The molecule has 5 nitrogen and oxygen atoms in total. The number of nitrogens with one attached hydrogen (secondary N) is 1. The average Bonchev–Trinajstić information content (AvgIpc) is 3.09. The largest absolute Gasteiger partial charge is 0.338 e. The molecule has 1 aromatic heterocycles. The van der Waals surface area contributed by atoms with Gasteiger partial charge in [-0.1, -0.05) is 35.0 Å². The Morgan fingerprint density at radius 2 is 2.14 bits per heavy atom. The number of amides is 1. The van der Waals surface area contributed by atoms with Crippen molar-refractivity contribution in [3.63, 3.8) is 0 Å². The Kier molecular flexibility index (Phi) is 4.24. The highest BCUT2D eigenvalue weighted by molar-refractivity contribution is 5.91. The maximum atomic E-state index is 12.2. The van der Waals surface area contributed by atoms with Gasteiger partial charge in [0.2, 0.25) is 11.8 Å². The summed E-state index contributed by atoms with van der Waals surface area (Å²) in [7, 11) is 0. The van der Waals surface area contributed by atoms with Crippen molar-refractivity contribution < 1.29 is 9.32 Å². The zero-order valence-corrected chi connectivity index (χ0v) is 13.0. The molecule has 0 saturated carbocycles. The van der Waals surface area contributed by atoms with Gasteiger partial charge >= 0.3 is 0 Å². The van der Waals surface area contributed by atoms with Crippen LogP contribution in [0.25, 0.3) is 0 Å². The van der Waals surface area contributed by atoms with Crippen molar-refractivity contribution in [1.29, 1.82) is 0 Å². The molecule has 2 heterocycles. The van der Waals surface area contributed by atoms with Crippen molar-refractivity contribution in [2.24, 2.45) is 0 Å². The molecule has 0 radical (unpaired) electrons. The molecule has 1 amide bonds. The predicted molar refractivity (Wildman–Crippen MR) is 84.6 cm³/mol. The fourth-order valence-electron chi connectivity index (χ4n) is 2.97. The number of likely N-dealkylation sites (tertiary alicyclic amines) is 1. The highest BCUT2D eigenvalue weighted by Crippen LogP contribution is 2.31. The molecule has 1 unspecified atom stereocenters. The van der Waals surface area contributed by atoms with E-state index in [9.17, 15) is 4.79 Å². The summed E-state index contributed by atoms with van der Waals surface area (Å²) >= 11 is 0. The van der Waals surface area contributed by atoms with Crippen LogP contribution in [0.15, 0.2) is 34.9 Å². The normalized spacial score (nSPS) is 18.5. The van der Waals surface area contributed by atoms with E-state index in [2.05, 4.69) is 46.6 Å². The summed E-state index contributed by atoms with van der Waals surface area (Å²) in [5.41, 5.74) is 3.30. The molecule has 5 heteroatoms. The van der Waals surface area contributed by atoms with Crippen LogP contribution < -0.4 is 5.32 Å². The van der Waals surface area contributed by atoms with Gasteiger partial charge < -0.3 is 4.52 Å². The molecule has 1 saturated heterocycles. The van der Waals surface area contributed by atoms with E-state index in [0.29, 0.717) is 18.5 Å². The van der Waals surface area contributed by atoms with Gasteiger partial charge in [-0.25, -0.2) is 0 Å². The lowest BCUT2D eigenvalue weighted by atomic mass is 10.0. The zero-order valence-electron chi connectivity index (χ0n) is 13.0. The molecular weight excluding hydrogens is 278 g/mol. The van der Waals surface area contributed by atoms with Crippen LogP contribution in [-0.2, 0) is 4.79 Å². The Labute approximate surface area is 130 Å². The molecule has 1 aromatic carbocycles. The first kappa shape index (κ1) is 14.8. The van der Waals surface area contributed by atoms with Crippen LogP contribution in [0.3, 0.4) is 0 Å². The van der Waals surface area contributed by atoms with Gasteiger partial charge in [-0.3, -0.25) is 15.0 Å². The monoisotopic (exact) mass is 299 g/mol. The molecule has 2 aromatic rings. The van der Waals surface area contributed by atoms with Crippen LogP contribution in [0.5, 0.6) is 0 Å². The lowest BCUT2D eigenvalue weighted by molar-refractivity contribution is -0.117. The van der Waals surface area contributed by atoms with Crippen molar-refractivity contribution >= 4 is 11.8 Å². The summed E-state index contributed by atoms with van der Waals surface area (Å²) in [6.07, 6.45) is 2.21. The molecule has 116 valence electrons. The van der Waals surface area contributed by atoms with E-state index in [1.54, 1.807) is 6.07 Å². The Bertz CT molecular complexity index is 648. The van der Waals surface area contributed by atoms with E-state index in [0.717, 1.165) is 25.1 Å². The summed E-state index contributed by atoms with van der Waals surface area (Å²) in [6, 6.07) is 10.6. The van der Waals surface area contributed by atoms with Gasteiger partial charge in [0.25, 0.3) is 0 Å². The number of anilines is 1. The quantitative estimate of drug-likeness (QED) is 0.942. The molecule has 1 atom stereocenters. The third kappa shape index (κ3) is 3.36. The topological polar surface area (TPSA) is 58.4 Å². The maximum absolute atomic E-state index is 12.2. The lowest BCUT2D eigenvalue weighted by Gasteiger charge is -2.24. The van der Waals surface area contributed by atoms with E-state index in [1.165, 1.54) is 11.1 Å². The van der Waals surface area contributed by atoms with Gasteiger partial charge in [-0.2, -0.15) is 0 Å². The highest BCUT2D eigenvalue weighted by Gasteiger charge is 2.27. The smallest absolute Gasteiger partial charge is 0.240 e. The Morgan fingerprint density at radius 1 is 1.36 bits per heavy atom. The second-order valence-corrected chi connectivity index (χ2v) is 5.92. The van der Waals surface area contributed by atoms with Crippen molar-refractivity contribution in [1.82, 2.24) is 10.1 Å². The molecule has 1 aliphatic rings. The number of hydrogen-bond donors (Lipinski definition) is 1. The number of hydrogen-bond acceptors (Lipinski definition) is 4. The molecule has 3 rings (SSSR count). The molecule has 1 N–H and O–H groups in total. The summed E-state index contributed by atoms with van der Waals surface area (Å²) in [6.45, 7) is 5.23. The number of nitrogens with zero attached hydrogens (tertiary/aromatic N) is 2. The summed E-state index contributed by atoms with van der Waals surface area (Å²) < 4.78 is 5.02. The predicted octanol–water partition coefficient (Wildman–Crippen LogP) is 3.07. The third-order valence-corrected chi connectivity index (χ3v) is 4.06. The van der Waals surface area contributed by atoms with Crippen molar-refractivity contribution in [3.05, 3.63) is 47.2 Å². The van der Waals surface area contributed by atoms with E-state index in [4.69, 9.17) is 4.52 Å². The summed E-state index contributed by atoms with van der Waals surface area (Å²) in [4.78, 5) is 14.4. The number of carbonyl (C=O) groups excluding carboxylic acids is 1. The number of aromatic nitrogens is 1. The Balaban J connectivity index is 1.63. The highest BCUT2D eigenvalue weighted by atomic mass is 16.5. The van der Waals surface area contributed by atoms with Gasteiger partial charge in [0.05, 0.1) is 12.2 Å². The Morgan fingerprint density at radius 3 is 2.82 bits per heavy atom. The fourth-order valence-corrected chi connectivity index (χ4v) is 2.97. The van der Waals surface area contributed by atoms with Gasteiger partial charge in [0, 0.05) is 12.1 Å². The zero-order chi connectivity index (χ0) is 15.5. The molecule has 0 bridgehead atoms. The van der Waals surface area contributed by atoms with Crippen molar-refractivity contribution in [2.45, 2.75) is 32.7 Å². The molecular formula is C17H21N3O2. The molecule has 0 aliphatic carbocycles. The first-order chi connectivity index (χ1) is 10.6. The molecule has 0 spiro atoms. The average molecular weight is 299 g/mol. The Hall–Kier alpha value is -2.14. The number of rotatable bonds is 4. The summed E-state index contributed by atoms with van der Waals surface area (Å²) in [5.74, 6) is 0.351. The van der Waals surface area contributed by atoms with Crippen LogP contribution in [-0.4, -0.2) is 29.1 Å². The van der Waals surface area contributed by atoms with Gasteiger partial charge in [0.1, 0.15) is 0 Å². The molecule has 1 aliphatic heterocycles. The number of aryl methyl sites for hydroxylation is 2. The summed E-state index contributed by atoms with van der Waals surface area (Å²) in [5, 5.41) is 6.53. The maximum Gasteiger partial charge on any atom is 0.240 e. The van der Waals surface area contributed by atoms with Gasteiger partial charge in [0.15, 0.2) is 0 Å². The van der Waals surface area contributed by atoms with Crippen LogP contribution in [0.2, 0.25) is 0 Å². The number of carbonyl (C=O) groups is 1. The van der Waals surface area contributed by atoms with Crippen molar-refractivity contribution in [3.8, 4) is 0 Å². The van der Waals surface area contributed by atoms with Crippen LogP contribution in [0, 0.1) is 13.8 Å². The second kappa shape index (κ2) is 6.32. The van der Waals surface area contributed by atoms with E-state index < -0.39 is 0 Å². The van der Waals surface area contributed by atoms with Gasteiger partial charge in [-0.05, 0) is 38.8 Å². The number of benzene rings is 1. The second-order valence-electron chi connectivity index (χ2n) is 5.92. The van der Waals surface area contributed by atoms with Crippen molar-refractivity contribution in [2.75, 3.05) is 18.4 Å². The lowest BCUT2D eigenvalue weighted by Crippen LogP contribution is -2.32. The molecule has 1 fully saturated rings. The van der Waals surface area contributed by atoms with E-state index >= 15 is 0 Å². The fraction of sp³-hybridized carbons (Fsp3) is 0.412. The van der Waals surface area contributed by atoms with Crippen LogP contribution in [0.1, 0.15) is 35.7 Å². The standard InChI is InChI=1S/C17H21N3O2/c1-12-5-7-14(8-6-12)15-4-3-9-20(15)11-16(21)18-17-10-13(2)19-22-17/h5-8,10,15H,3-4,9,11H2,1-2H3,(H,18,21). The van der Waals surface area contributed by atoms with Crippen LogP contribution >= 0.6 is 0 Å². The van der Waals surface area contributed by atoms with Gasteiger partial charge in [-0.15, -0.1) is 0 Å². The minimum Gasteiger partial charge on any atom is -0.338 e. The molecule has 22 heavy (non-hydrogen) atoms. The van der Waals surface area contributed by atoms with Crippen LogP contribution in [0.4, 0.5) is 5.88 Å². The minimum atomic E-state index is -0.0600. The van der Waals surface area contributed by atoms with E-state index in [-0.39, 0.29) is 5.91 Å². The SMILES string of the molecule is Cc1ccc(C2CCCN2CC(=O)Nc2cc(C)no2)cc1. The first-order valence-electron chi connectivity index (χ1n) is 7.65. The third-order valence-electron chi connectivity index (χ3n) is 4.06. The van der Waals surface area contributed by atoms with E-state index in [1.807, 2.05) is 6.92 Å².